The predicted molar refractivity (Wildman–Crippen MR) is 122 cm³/mol. The van der Waals surface area contributed by atoms with E-state index in [9.17, 15) is 0 Å². The van der Waals surface area contributed by atoms with Crippen molar-refractivity contribution >= 4 is 37.1 Å². The lowest BCUT2D eigenvalue weighted by Crippen LogP contribution is -1.80. The standard InChI is InChI=1S/C26H22S/c1-3-5-7-12-19(4-2)21-15-10-17-23-24-18-11-16-22(26(24)27-25(21)23)20-13-8-6-9-14-20/h4-18H,2-3H2,1H3/b7-5-,19-12+. The van der Waals surface area contributed by atoms with Gasteiger partial charge in [0.05, 0.1) is 0 Å². The van der Waals surface area contributed by atoms with Gasteiger partial charge in [-0.05, 0) is 28.7 Å². The molecule has 0 unspecified atom stereocenters. The molecule has 3 aromatic carbocycles. The van der Waals surface area contributed by atoms with Crippen LogP contribution in [-0.2, 0) is 0 Å². The van der Waals surface area contributed by atoms with Crippen LogP contribution in [0.4, 0.5) is 0 Å². The zero-order chi connectivity index (χ0) is 18.6. The number of hydrogen-bond acceptors (Lipinski definition) is 1. The van der Waals surface area contributed by atoms with Crippen LogP contribution in [0.2, 0.25) is 0 Å². The van der Waals surface area contributed by atoms with Crippen molar-refractivity contribution in [2.45, 2.75) is 13.3 Å². The van der Waals surface area contributed by atoms with E-state index in [0.717, 1.165) is 12.0 Å². The first-order valence-corrected chi connectivity index (χ1v) is 10.1. The van der Waals surface area contributed by atoms with Crippen LogP contribution in [0.3, 0.4) is 0 Å². The van der Waals surface area contributed by atoms with Gasteiger partial charge in [-0.25, -0.2) is 0 Å². The predicted octanol–water partition coefficient (Wildman–Crippen LogP) is 8.26. The summed E-state index contributed by atoms with van der Waals surface area (Å²) in [4.78, 5) is 0. The molecule has 27 heavy (non-hydrogen) atoms. The number of hydrogen-bond donors (Lipinski definition) is 0. The number of fused-ring (bicyclic) bond motifs is 3. The summed E-state index contributed by atoms with van der Waals surface area (Å²) in [6.07, 6.45) is 9.44. The molecular formula is C26H22S. The number of rotatable bonds is 5. The molecule has 0 saturated carbocycles. The van der Waals surface area contributed by atoms with Crippen LogP contribution < -0.4 is 0 Å². The largest absolute Gasteiger partial charge is 0.134 e. The average Bonchev–Trinajstić information content (AvgIpc) is 3.11. The van der Waals surface area contributed by atoms with Crippen LogP contribution in [0.1, 0.15) is 18.9 Å². The highest BCUT2D eigenvalue weighted by Gasteiger charge is 2.13. The molecule has 4 rings (SSSR count). The van der Waals surface area contributed by atoms with Crippen molar-refractivity contribution in [2.75, 3.05) is 0 Å². The van der Waals surface area contributed by atoms with Gasteiger partial charge in [-0.1, -0.05) is 105 Å². The second-order valence-corrected chi connectivity index (χ2v) is 7.52. The van der Waals surface area contributed by atoms with E-state index < -0.39 is 0 Å². The summed E-state index contributed by atoms with van der Waals surface area (Å²) in [6, 6.07) is 23.9. The molecule has 1 heteroatoms. The molecule has 0 spiro atoms. The third-order valence-corrected chi connectivity index (χ3v) is 6.08. The first kappa shape index (κ1) is 17.5. The van der Waals surface area contributed by atoms with Crippen LogP contribution in [0.5, 0.6) is 0 Å². The van der Waals surface area contributed by atoms with E-state index in [4.69, 9.17) is 0 Å². The van der Waals surface area contributed by atoms with Crippen molar-refractivity contribution in [3.8, 4) is 11.1 Å². The third-order valence-electron chi connectivity index (χ3n) is 4.79. The SMILES string of the molecule is C=C/C(=C\C=C/CC)c1cccc2c1sc1c(-c3ccccc3)cccc12. The van der Waals surface area contributed by atoms with Crippen LogP contribution >= 0.6 is 11.3 Å². The molecule has 0 radical (unpaired) electrons. The normalized spacial score (nSPS) is 12.3. The zero-order valence-corrected chi connectivity index (χ0v) is 16.3. The van der Waals surface area contributed by atoms with Crippen molar-refractivity contribution in [1.82, 2.24) is 0 Å². The van der Waals surface area contributed by atoms with Gasteiger partial charge in [-0.2, -0.15) is 0 Å². The Hall–Kier alpha value is -2.90. The fourth-order valence-electron chi connectivity index (χ4n) is 3.47. The maximum atomic E-state index is 4.04. The van der Waals surface area contributed by atoms with Crippen molar-refractivity contribution in [2.24, 2.45) is 0 Å². The van der Waals surface area contributed by atoms with Gasteiger partial charge in [0.1, 0.15) is 0 Å². The van der Waals surface area contributed by atoms with E-state index in [1.54, 1.807) is 0 Å². The summed E-state index contributed by atoms with van der Waals surface area (Å²) >= 11 is 1.88. The molecule has 0 amide bonds. The van der Waals surface area contributed by atoms with E-state index in [1.165, 1.54) is 36.9 Å². The highest BCUT2D eigenvalue weighted by molar-refractivity contribution is 7.26. The Kier molecular flexibility index (Phi) is 5.04. The minimum Gasteiger partial charge on any atom is -0.134 e. The molecule has 1 heterocycles. The third kappa shape index (κ3) is 3.27. The number of thiophene rings is 1. The van der Waals surface area contributed by atoms with Crippen molar-refractivity contribution in [3.05, 3.63) is 103 Å². The Morgan fingerprint density at radius 3 is 2.37 bits per heavy atom. The summed E-state index contributed by atoms with van der Waals surface area (Å²) in [7, 11) is 0. The molecule has 4 aromatic rings. The van der Waals surface area contributed by atoms with Gasteiger partial charge in [0.2, 0.25) is 0 Å². The maximum Gasteiger partial charge on any atom is 0.0434 e. The molecule has 0 nitrogen and oxygen atoms in total. The zero-order valence-electron chi connectivity index (χ0n) is 15.5. The van der Waals surface area contributed by atoms with E-state index in [-0.39, 0.29) is 0 Å². The van der Waals surface area contributed by atoms with Crippen LogP contribution in [0, 0.1) is 0 Å². The Bertz CT molecular complexity index is 1160. The van der Waals surface area contributed by atoms with E-state index >= 15 is 0 Å². The lowest BCUT2D eigenvalue weighted by molar-refractivity contribution is 1.22. The van der Waals surface area contributed by atoms with Gasteiger partial charge in [0, 0.05) is 20.2 Å². The molecule has 0 N–H and O–H groups in total. The van der Waals surface area contributed by atoms with Gasteiger partial charge < -0.3 is 0 Å². The molecular weight excluding hydrogens is 344 g/mol. The minimum absolute atomic E-state index is 1.04. The fraction of sp³-hybridized carbons (Fsp3) is 0.0769. The Balaban J connectivity index is 1.98. The molecule has 0 aliphatic rings. The van der Waals surface area contributed by atoms with Crippen molar-refractivity contribution in [1.29, 1.82) is 0 Å². The summed E-state index contributed by atoms with van der Waals surface area (Å²) in [5.74, 6) is 0. The van der Waals surface area contributed by atoms with E-state index in [2.05, 4.69) is 98.5 Å². The maximum absolute atomic E-state index is 4.04. The minimum atomic E-state index is 1.04. The Labute approximate surface area is 164 Å². The molecule has 0 aliphatic carbocycles. The molecule has 132 valence electrons. The molecule has 1 aromatic heterocycles. The highest BCUT2D eigenvalue weighted by atomic mass is 32.1. The first-order valence-electron chi connectivity index (χ1n) is 9.32. The van der Waals surface area contributed by atoms with Crippen LogP contribution in [0.25, 0.3) is 36.9 Å². The van der Waals surface area contributed by atoms with E-state index in [1.807, 2.05) is 17.4 Å². The first-order chi connectivity index (χ1) is 13.3. The molecule has 0 fully saturated rings. The summed E-state index contributed by atoms with van der Waals surface area (Å²) in [6.45, 7) is 6.19. The Morgan fingerprint density at radius 2 is 1.63 bits per heavy atom. The molecule has 0 atom stereocenters. The van der Waals surface area contributed by atoms with Gasteiger partial charge in [-0.15, -0.1) is 11.3 Å². The smallest absolute Gasteiger partial charge is 0.0434 e. The number of benzene rings is 3. The molecule has 0 saturated heterocycles. The molecule has 0 bridgehead atoms. The van der Waals surface area contributed by atoms with Crippen LogP contribution in [0.15, 0.2) is 97.6 Å². The lowest BCUT2D eigenvalue weighted by Gasteiger charge is -2.03. The summed E-state index contributed by atoms with van der Waals surface area (Å²) in [5, 5.41) is 2.64. The highest BCUT2D eigenvalue weighted by Crippen LogP contribution is 2.42. The summed E-state index contributed by atoms with van der Waals surface area (Å²) < 4.78 is 2.67. The summed E-state index contributed by atoms with van der Waals surface area (Å²) in [5.41, 5.74) is 4.98. The van der Waals surface area contributed by atoms with Gasteiger partial charge in [-0.3, -0.25) is 0 Å². The van der Waals surface area contributed by atoms with Crippen molar-refractivity contribution in [3.63, 3.8) is 0 Å². The van der Waals surface area contributed by atoms with Gasteiger partial charge in [0.25, 0.3) is 0 Å². The monoisotopic (exact) mass is 366 g/mol. The van der Waals surface area contributed by atoms with Gasteiger partial charge in [0.15, 0.2) is 0 Å². The average molecular weight is 367 g/mol. The van der Waals surface area contributed by atoms with Crippen LogP contribution in [-0.4, -0.2) is 0 Å². The Morgan fingerprint density at radius 1 is 0.889 bits per heavy atom. The van der Waals surface area contributed by atoms with Gasteiger partial charge >= 0.3 is 0 Å². The quantitative estimate of drug-likeness (QED) is 0.312. The number of allylic oxidation sites excluding steroid dienone is 5. The van der Waals surface area contributed by atoms with E-state index in [0.29, 0.717) is 0 Å². The fourth-order valence-corrected chi connectivity index (χ4v) is 4.84. The lowest BCUT2D eigenvalue weighted by atomic mass is 10.00. The second kappa shape index (κ2) is 7.77. The second-order valence-electron chi connectivity index (χ2n) is 6.50. The topological polar surface area (TPSA) is 0 Å². The van der Waals surface area contributed by atoms with Crippen molar-refractivity contribution < 1.29 is 0 Å². The molecule has 0 aliphatic heterocycles.